The van der Waals surface area contributed by atoms with Gasteiger partial charge in [-0.25, -0.2) is 4.79 Å². The summed E-state index contributed by atoms with van der Waals surface area (Å²) in [4.78, 5) is 27.0. The van der Waals surface area contributed by atoms with E-state index in [0.29, 0.717) is 13.1 Å². The standard InChI is InChI=1S/C14H26N2O3/c1-13(2,3)15-7-8-16(11(9-15)10-17)12(18)19-14(4,5)6/h10-11H,7-9H2,1-6H3. The first-order valence-corrected chi connectivity index (χ1v) is 6.74. The van der Waals surface area contributed by atoms with E-state index >= 15 is 0 Å². The summed E-state index contributed by atoms with van der Waals surface area (Å²) >= 11 is 0. The van der Waals surface area contributed by atoms with Crippen molar-refractivity contribution in [3.05, 3.63) is 0 Å². The van der Waals surface area contributed by atoms with Gasteiger partial charge in [-0.3, -0.25) is 9.80 Å². The first-order valence-electron chi connectivity index (χ1n) is 6.74. The Morgan fingerprint density at radius 1 is 1.16 bits per heavy atom. The highest BCUT2D eigenvalue weighted by Crippen LogP contribution is 2.20. The van der Waals surface area contributed by atoms with Gasteiger partial charge in [0.2, 0.25) is 0 Å². The van der Waals surface area contributed by atoms with E-state index in [4.69, 9.17) is 4.74 Å². The number of aldehydes is 1. The third kappa shape index (κ3) is 4.49. The van der Waals surface area contributed by atoms with E-state index in [1.54, 1.807) is 0 Å². The molecule has 1 amide bonds. The van der Waals surface area contributed by atoms with Gasteiger partial charge in [-0.2, -0.15) is 0 Å². The molecule has 19 heavy (non-hydrogen) atoms. The number of carbonyl (C=O) groups is 2. The van der Waals surface area contributed by atoms with Gasteiger partial charge in [-0.05, 0) is 41.5 Å². The second-order valence-corrected chi connectivity index (χ2v) is 6.99. The van der Waals surface area contributed by atoms with Crippen LogP contribution in [0.2, 0.25) is 0 Å². The van der Waals surface area contributed by atoms with E-state index in [9.17, 15) is 9.59 Å². The molecule has 1 unspecified atom stereocenters. The second kappa shape index (κ2) is 5.49. The molecule has 0 saturated carbocycles. The summed E-state index contributed by atoms with van der Waals surface area (Å²) in [6.07, 6.45) is 0.431. The van der Waals surface area contributed by atoms with Gasteiger partial charge >= 0.3 is 6.09 Å². The zero-order chi connectivity index (χ0) is 14.8. The molecule has 0 aliphatic carbocycles. The quantitative estimate of drug-likeness (QED) is 0.683. The fraction of sp³-hybridized carbons (Fsp3) is 0.857. The molecule has 1 aliphatic heterocycles. The van der Waals surface area contributed by atoms with E-state index in [-0.39, 0.29) is 5.54 Å². The Balaban J connectivity index is 2.73. The number of ether oxygens (including phenoxy) is 1. The predicted molar refractivity (Wildman–Crippen MR) is 74.1 cm³/mol. The lowest BCUT2D eigenvalue weighted by Crippen LogP contribution is -2.60. The Bertz CT molecular complexity index is 342. The Labute approximate surface area is 115 Å². The summed E-state index contributed by atoms with van der Waals surface area (Å²) in [5.74, 6) is 0. The summed E-state index contributed by atoms with van der Waals surface area (Å²) in [6.45, 7) is 13.6. The predicted octanol–water partition coefficient (Wildman–Crippen LogP) is 1.91. The van der Waals surface area contributed by atoms with Crippen molar-refractivity contribution in [1.29, 1.82) is 0 Å². The summed E-state index contributed by atoms with van der Waals surface area (Å²) in [5.41, 5.74) is -0.535. The number of hydrogen-bond donors (Lipinski definition) is 0. The minimum absolute atomic E-state index is 0.00127. The van der Waals surface area contributed by atoms with Gasteiger partial charge in [-0.1, -0.05) is 0 Å². The van der Waals surface area contributed by atoms with Crippen LogP contribution in [0.3, 0.4) is 0 Å². The molecule has 1 fully saturated rings. The van der Waals surface area contributed by atoms with Gasteiger partial charge in [0.15, 0.2) is 0 Å². The smallest absolute Gasteiger partial charge is 0.410 e. The van der Waals surface area contributed by atoms with E-state index in [1.807, 2.05) is 20.8 Å². The molecule has 1 aliphatic rings. The van der Waals surface area contributed by atoms with Gasteiger partial charge in [0.25, 0.3) is 0 Å². The highest BCUT2D eigenvalue weighted by atomic mass is 16.6. The van der Waals surface area contributed by atoms with Gasteiger partial charge < -0.3 is 9.53 Å². The molecule has 110 valence electrons. The first-order chi connectivity index (χ1) is 8.54. The van der Waals surface area contributed by atoms with Crippen molar-refractivity contribution >= 4 is 12.4 Å². The van der Waals surface area contributed by atoms with E-state index in [1.165, 1.54) is 4.90 Å². The number of piperazine rings is 1. The van der Waals surface area contributed by atoms with E-state index in [0.717, 1.165) is 12.8 Å². The molecule has 0 aromatic rings. The Morgan fingerprint density at radius 2 is 1.74 bits per heavy atom. The molecule has 0 radical (unpaired) electrons. The van der Waals surface area contributed by atoms with Crippen molar-refractivity contribution in [3.8, 4) is 0 Å². The zero-order valence-electron chi connectivity index (χ0n) is 12.9. The van der Waals surface area contributed by atoms with Crippen LogP contribution in [0.25, 0.3) is 0 Å². The minimum atomic E-state index is -0.536. The molecule has 0 spiro atoms. The summed E-state index contributed by atoms with van der Waals surface area (Å²) in [7, 11) is 0. The molecule has 1 rings (SSSR count). The van der Waals surface area contributed by atoms with Gasteiger partial charge in [0.1, 0.15) is 17.9 Å². The molecule has 0 aromatic carbocycles. The third-order valence-corrected chi connectivity index (χ3v) is 3.15. The molecule has 5 heteroatoms. The van der Waals surface area contributed by atoms with Crippen LogP contribution in [0.1, 0.15) is 41.5 Å². The van der Waals surface area contributed by atoms with Crippen molar-refractivity contribution < 1.29 is 14.3 Å². The maximum absolute atomic E-state index is 12.1. The van der Waals surface area contributed by atoms with Gasteiger partial charge in [0.05, 0.1) is 0 Å². The number of carbonyl (C=O) groups excluding carboxylic acids is 2. The first kappa shape index (κ1) is 16.0. The van der Waals surface area contributed by atoms with Crippen LogP contribution in [0.4, 0.5) is 4.79 Å². The molecular weight excluding hydrogens is 244 g/mol. The largest absolute Gasteiger partial charge is 0.444 e. The fourth-order valence-corrected chi connectivity index (χ4v) is 2.08. The highest BCUT2D eigenvalue weighted by molar-refractivity contribution is 5.74. The van der Waals surface area contributed by atoms with E-state index in [2.05, 4.69) is 25.7 Å². The lowest BCUT2D eigenvalue weighted by Gasteiger charge is -2.45. The Kier molecular flexibility index (Phi) is 4.61. The number of hydrogen-bond acceptors (Lipinski definition) is 4. The normalized spacial score (nSPS) is 22.2. The number of nitrogens with zero attached hydrogens (tertiary/aromatic N) is 2. The second-order valence-electron chi connectivity index (χ2n) is 6.99. The molecule has 1 heterocycles. The lowest BCUT2D eigenvalue weighted by molar-refractivity contribution is -0.115. The Morgan fingerprint density at radius 3 is 2.16 bits per heavy atom. The molecule has 0 N–H and O–H groups in total. The SMILES string of the molecule is CC(C)(C)OC(=O)N1CCN(C(C)(C)C)CC1C=O. The maximum atomic E-state index is 12.1. The average molecular weight is 270 g/mol. The zero-order valence-corrected chi connectivity index (χ0v) is 12.9. The van der Waals surface area contributed by atoms with Crippen molar-refractivity contribution in [2.45, 2.75) is 58.7 Å². The van der Waals surface area contributed by atoms with Crippen LogP contribution in [0.5, 0.6) is 0 Å². The van der Waals surface area contributed by atoms with Crippen LogP contribution in [-0.2, 0) is 9.53 Å². The number of amides is 1. The summed E-state index contributed by atoms with van der Waals surface area (Å²) in [5, 5.41) is 0. The molecule has 5 nitrogen and oxygen atoms in total. The highest BCUT2D eigenvalue weighted by Gasteiger charge is 2.36. The maximum Gasteiger partial charge on any atom is 0.410 e. The number of rotatable bonds is 1. The third-order valence-electron chi connectivity index (χ3n) is 3.15. The van der Waals surface area contributed by atoms with Crippen LogP contribution < -0.4 is 0 Å². The summed E-state index contributed by atoms with van der Waals surface area (Å²) in [6, 6.07) is -0.428. The van der Waals surface area contributed by atoms with E-state index < -0.39 is 17.7 Å². The lowest BCUT2D eigenvalue weighted by atomic mass is 10.0. The summed E-state index contributed by atoms with van der Waals surface area (Å²) < 4.78 is 5.34. The van der Waals surface area contributed by atoms with Gasteiger partial charge in [0, 0.05) is 25.2 Å². The average Bonchev–Trinajstić information content (AvgIpc) is 2.24. The van der Waals surface area contributed by atoms with Crippen LogP contribution in [-0.4, -0.2) is 59.0 Å². The minimum Gasteiger partial charge on any atom is -0.444 e. The molecule has 1 saturated heterocycles. The van der Waals surface area contributed by atoms with Crippen molar-refractivity contribution in [1.82, 2.24) is 9.80 Å². The fourth-order valence-electron chi connectivity index (χ4n) is 2.08. The Hall–Kier alpha value is -1.10. The van der Waals surface area contributed by atoms with Crippen LogP contribution in [0, 0.1) is 0 Å². The van der Waals surface area contributed by atoms with Crippen molar-refractivity contribution in [2.24, 2.45) is 0 Å². The molecule has 0 aromatic heterocycles. The van der Waals surface area contributed by atoms with Gasteiger partial charge in [-0.15, -0.1) is 0 Å². The van der Waals surface area contributed by atoms with Crippen molar-refractivity contribution in [2.75, 3.05) is 19.6 Å². The monoisotopic (exact) mass is 270 g/mol. The molecular formula is C14H26N2O3. The van der Waals surface area contributed by atoms with Crippen molar-refractivity contribution in [3.63, 3.8) is 0 Å². The van der Waals surface area contributed by atoms with Crippen LogP contribution >= 0.6 is 0 Å². The molecule has 1 atom stereocenters. The topological polar surface area (TPSA) is 49.9 Å². The molecule has 0 bridgehead atoms. The van der Waals surface area contributed by atoms with Crippen LogP contribution in [0.15, 0.2) is 0 Å².